The molecule has 0 radical (unpaired) electrons. The van der Waals surface area contributed by atoms with Gasteiger partial charge in [0.15, 0.2) is 0 Å². The molecule has 1 amide bonds. The van der Waals surface area contributed by atoms with Crippen LogP contribution >= 0.6 is 0 Å². The first-order valence-electron chi connectivity index (χ1n) is 6.67. The van der Waals surface area contributed by atoms with Gasteiger partial charge in [0.05, 0.1) is 12.2 Å². The smallest absolute Gasteiger partial charge is 0.272 e. The van der Waals surface area contributed by atoms with Crippen LogP contribution in [0.25, 0.3) is 0 Å². The molecule has 1 aliphatic heterocycles. The third-order valence-corrected chi connectivity index (χ3v) is 3.05. The number of hydrogen-bond donors (Lipinski definition) is 1. The summed E-state index contributed by atoms with van der Waals surface area (Å²) in [7, 11) is 0. The topological polar surface area (TPSA) is 62.7 Å². The summed E-state index contributed by atoms with van der Waals surface area (Å²) >= 11 is 0. The fourth-order valence-corrected chi connectivity index (χ4v) is 2.07. The molecule has 19 heavy (non-hydrogen) atoms. The molecule has 0 saturated carbocycles. The largest absolute Gasteiger partial charge is 0.475 e. The Morgan fingerprint density at radius 3 is 2.74 bits per heavy atom. The van der Waals surface area contributed by atoms with Crippen LogP contribution in [0.4, 0.5) is 0 Å². The van der Waals surface area contributed by atoms with Gasteiger partial charge in [-0.15, -0.1) is 0 Å². The highest BCUT2D eigenvalue weighted by Gasteiger charge is 2.23. The number of aliphatic hydroxyl groups is 1. The van der Waals surface area contributed by atoms with Gasteiger partial charge in [0.2, 0.25) is 5.88 Å². The van der Waals surface area contributed by atoms with Crippen LogP contribution in [-0.2, 0) is 0 Å². The van der Waals surface area contributed by atoms with E-state index in [9.17, 15) is 9.90 Å². The number of pyridine rings is 1. The molecule has 1 saturated heterocycles. The highest BCUT2D eigenvalue weighted by atomic mass is 16.5. The van der Waals surface area contributed by atoms with Crippen LogP contribution in [0, 0.1) is 0 Å². The highest BCUT2D eigenvalue weighted by Crippen LogP contribution is 2.15. The van der Waals surface area contributed by atoms with E-state index in [1.807, 2.05) is 13.8 Å². The molecule has 0 atom stereocenters. The zero-order valence-corrected chi connectivity index (χ0v) is 11.4. The van der Waals surface area contributed by atoms with Crippen molar-refractivity contribution in [3.8, 4) is 5.88 Å². The van der Waals surface area contributed by atoms with Crippen LogP contribution in [0.1, 0.15) is 37.2 Å². The first-order chi connectivity index (χ1) is 9.06. The Bertz CT molecular complexity index is 440. The first kappa shape index (κ1) is 13.8. The Morgan fingerprint density at radius 1 is 1.42 bits per heavy atom. The quantitative estimate of drug-likeness (QED) is 0.898. The fraction of sp³-hybridized carbons (Fsp3) is 0.571. The minimum atomic E-state index is -0.285. The maximum absolute atomic E-state index is 12.3. The molecule has 1 aromatic rings. The van der Waals surface area contributed by atoms with Crippen LogP contribution in [-0.4, -0.2) is 46.2 Å². The van der Waals surface area contributed by atoms with Crippen molar-refractivity contribution in [2.45, 2.75) is 38.9 Å². The van der Waals surface area contributed by atoms with Crippen LogP contribution in [0.15, 0.2) is 18.2 Å². The lowest BCUT2D eigenvalue weighted by atomic mass is 10.1. The van der Waals surface area contributed by atoms with Gasteiger partial charge in [-0.05, 0) is 32.8 Å². The normalized spacial score (nSPS) is 16.7. The molecule has 5 nitrogen and oxygen atoms in total. The zero-order valence-electron chi connectivity index (χ0n) is 11.4. The van der Waals surface area contributed by atoms with Crippen LogP contribution in [0.2, 0.25) is 0 Å². The Kier molecular flexibility index (Phi) is 4.37. The molecular weight excluding hydrogens is 244 g/mol. The molecule has 0 spiro atoms. The molecule has 104 valence electrons. The maximum Gasteiger partial charge on any atom is 0.272 e. The number of hydrogen-bond acceptors (Lipinski definition) is 4. The molecule has 0 bridgehead atoms. The van der Waals surface area contributed by atoms with Gasteiger partial charge in [-0.1, -0.05) is 6.07 Å². The van der Waals surface area contributed by atoms with Crippen molar-refractivity contribution in [2.24, 2.45) is 0 Å². The Morgan fingerprint density at radius 2 is 2.11 bits per heavy atom. The summed E-state index contributed by atoms with van der Waals surface area (Å²) < 4.78 is 5.49. The number of aromatic nitrogens is 1. The van der Waals surface area contributed by atoms with E-state index in [-0.39, 0.29) is 18.1 Å². The monoisotopic (exact) mass is 264 g/mol. The molecule has 2 heterocycles. The zero-order chi connectivity index (χ0) is 13.8. The predicted octanol–water partition coefficient (Wildman–Crippen LogP) is 1.47. The van der Waals surface area contributed by atoms with Gasteiger partial charge in [-0.3, -0.25) is 4.79 Å². The lowest BCUT2D eigenvalue weighted by molar-refractivity contribution is 0.0540. The van der Waals surface area contributed by atoms with Crippen LogP contribution in [0.3, 0.4) is 0 Å². The van der Waals surface area contributed by atoms with E-state index in [2.05, 4.69) is 4.98 Å². The second-order valence-electron chi connectivity index (χ2n) is 5.05. The first-order valence-corrected chi connectivity index (χ1v) is 6.67. The lowest BCUT2D eigenvalue weighted by Crippen LogP contribution is -2.40. The number of ether oxygens (including phenoxy) is 1. The summed E-state index contributed by atoms with van der Waals surface area (Å²) in [5.41, 5.74) is 0.398. The van der Waals surface area contributed by atoms with E-state index >= 15 is 0 Å². The van der Waals surface area contributed by atoms with Crippen molar-refractivity contribution in [3.63, 3.8) is 0 Å². The van der Waals surface area contributed by atoms with Gasteiger partial charge in [0.1, 0.15) is 5.69 Å². The number of carbonyl (C=O) groups excluding carboxylic acids is 1. The molecule has 0 aromatic carbocycles. The SMILES string of the molecule is CC(C)Oc1cccc(C(=O)N2CCC(O)CC2)n1. The van der Waals surface area contributed by atoms with Gasteiger partial charge >= 0.3 is 0 Å². The van der Waals surface area contributed by atoms with E-state index in [1.165, 1.54) is 0 Å². The molecule has 0 unspecified atom stereocenters. The van der Waals surface area contributed by atoms with Gasteiger partial charge in [0.25, 0.3) is 5.91 Å². The number of rotatable bonds is 3. The predicted molar refractivity (Wildman–Crippen MR) is 71.1 cm³/mol. The van der Waals surface area contributed by atoms with E-state index in [0.717, 1.165) is 0 Å². The average molecular weight is 264 g/mol. The van der Waals surface area contributed by atoms with Crippen molar-refractivity contribution < 1.29 is 14.6 Å². The van der Waals surface area contributed by atoms with Gasteiger partial charge < -0.3 is 14.7 Å². The molecule has 5 heteroatoms. The standard InChI is InChI=1S/C14H20N2O3/c1-10(2)19-13-5-3-4-12(15-13)14(18)16-8-6-11(17)7-9-16/h3-5,10-11,17H,6-9H2,1-2H3. The lowest BCUT2D eigenvalue weighted by Gasteiger charge is -2.29. The minimum Gasteiger partial charge on any atom is -0.475 e. The van der Waals surface area contributed by atoms with Gasteiger partial charge in [0, 0.05) is 19.2 Å². The van der Waals surface area contributed by atoms with Crippen LogP contribution in [0.5, 0.6) is 5.88 Å². The summed E-state index contributed by atoms with van der Waals surface area (Å²) in [5.74, 6) is 0.374. The molecule has 2 rings (SSSR count). The summed E-state index contributed by atoms with van der Waals surface area (Å²) in [4.78, 5) is 18.2. The number of aliphatic hydroxyl groups excluding tert-OH is 1. The molecule has 1 aliphatic rings. The maximum atomic E-state index is 12.3. The van der Waals surface area contributed by atoms with Crippen molar-refractivity contribution in [1.29, 1.82) is 0 Å². The van der Waals surface area contributed by atoms with Gasteiger partial charge in [-0.2, -0.15) is 0 Å². The van der Waals surface area contributed by atoms with Crippen molar-refractivity contribution in [1.82, 2.24) is 9.88 Å². The van der Waals surface area contributed by atoms with Crippen molar-refractivity contribution in [2.75, 3.05) is 13.1 Å². The minimum absolute atomic E-state index is 0.0305. The van der Waals surface area contributed by atoms with Crippen LogP contribution < -0.4 is 4.74 Å². The molecule has 1 aromatic heterocycles. The number of carbonyl (C=O) groups is 1. The Balaban J connectivity index is 2.06. The van der Waals surface area contributed by atoms with Gasteiger partial charge in [-0.25, -0.2) is 4.98 Å². The van der Waals surface area contributed by atoms with Crippen molar-refractivity contribution >= 4 is 5.91 Å². The summed E-state index contributed by atoms with van der Waals surface area (Å²) in [6.45, 7) is 5.00. The number of nitrogens with zero attached hydrogens (tertiary/aromatic N) is 2. The number of piperidine rings is 1. The van der Waals surface area contributed by atoms with E-state index in [1.54, 1.807) is 23.1 Å². The molecule has 1 N–H and O–H groups in total. The third kappa shape index (κ3) is 3.67. The molecule has 1 fully saturated rings. The molecular formula is C14H20N2O3. The Labute approximate surface area is 113 Å². The van der Waals surface area contributed by atoms with Crippen molar-refractivity contribution in [3.05, 3.63) is 23.9 Å². The second kappa shape index (κ2) is 6.02. The number of amides is 1. The summed E-state index contributed by atoms with van der Waals surface area (Å²) in [6, 6.07) is 5.22. The molecule has 0 aliphatic carbocycles. The Hall–Kier alpha value is -1.62. The average Bonchev–Trinajstić information content (AvgIpc) is 2.38. The highest BCUT2D eigenvalue weighted by molar-refractivity contribution is 5.92. The summed E-state index contributed by atoms with van der Waals surface area (Å²) in [5, 5.41) is 9.45. The number of likely N-dealkylation sites (tertiary alicyclic amines) is 1. The van der Waals surface area contributed by atoms with E-state index in [0.29, 0.717) is 37.5 Å². The third-order valence-electron chi connectivity index (χ3n) is 3.05. The van der Waals surface area contributed by atoms with E-state index < -0.39 is 0 Å². The second-order valence-corrected chi connectivity index (χ2v) is 5.05. The fourth-order valence-electron chi connectivity index (χ4n) is 2.07. The van der Waals surface area contributed by atoms with E-state index in [4.69, 9.17) is 4.74 Å². The summed E-state index contributed by atoms with van der Waals surface area (Å²) in [6.07, 6.45) is 1.01.